The molecular weight excluding hydrogens is 345 g/mol. The smallest absolute Gasteiger partial charge is 0.234 e. The monoisotopic (exact) mass is 353 g/mol. The van der Waals surface area contributed by atoms with Gasteiger partial charge < -0.3 is 5.32 Å². The highest BCUT2D eigenvalue weighted by molar-refractivity contribution is 7.99. The normalized spacial score (nSPS) is 10.8. The summed E-state index contributed by atoms with van der Waals surface area (Å²) in [5.74, 6) is 0.0648. The lowest BCUT2D eigenvalue weighted by molar-refractivity contribution is -0.113. The summed E-state index contributed by atoms with van der Waals surface area (Å²) in [5, 5.41) is 16.2. The zero-order valence-electron chi connectivity index (χ0n) is 11.0. The van der Waals surface area contributed by atoms with E-state index in [-0.39, 0.29) is 11.7 Å². The highest BCUT2D eigenvalue weighted by atomic mass is 35.5. The van der Waals surface area contributed by atoms with Crippen molar-refractivity contribution in [2.75, 3.05) is 11.1 Å². The van der Waals surface area contributed by atoms with Gasteiger partial charge >= 0.3 is 0 Å². The molecule has 1 N–H and O–H groups in total. The molecule has 2 heterocycles. The Morgan fingerprint density at radius 2 is 2.09 bits per heavy atom. The number of hydrogen-bond donors (Lipinski definition) is 1. The van der Waals surface area contributed by atoms with Crippen molar-refractivity contribution >= 4 is 52.2 Å². The van der Waals surface area contributed by atoms with Crippen molar-refractivity contribution in [3.63, 3.8) is 0 Å². The SMILES string of the molecule is O=C(CSc1ccc2nncn2n1)Nc1ccc(Cl)c(Cl)c1. The van der Waals surface area contributed by atoms with Gasteiger partial charge in [0.1, 0.15) is 11.4 Å². The molecule has 0 saturated carbocycles. The number of thioether (sulfide) groups is 1. The third-order valence-electron chi connectivity index (χ3n) is 2.69. The van der Waals surface area contributed by atoms with Gasteiger partial charge in [0, 0.05) is 5.69 Å². The maximum Gasteiger partial charge on any atom is 0.234 e. The molecule has 22 heavy (non-hydrogen) atoms. The maximum atomic E-state index is 11.9. The highest BCUT2D eigenvalue weighted by Gasteiger charge is 2.07. The predicted octanol–water partition coefficient (Wildman–Crippen LogP) is 3.16. The summed E-state index contributed by atoms with van der Waals surface area (Å²) in [6, 6.07) is 8.51. The molecule has 1 amide bonds. The first kappa shape index (κ1) is 15.1. The van der Waals surface area contributed by atoms with E-state index < -0.39 is 0 Å². The van der Waals surface area contributed by atoms with Crippen LogP contribution in [0, 0.1) is 0 Å². The molecule has 0 aliphatic rings. The highest BCUT2D eigenvalue weighted by Crippen LogP contribution is 2.25. The van der Waals surface area contributed by atoms with Gasteiger partial charge in [0.25, 0.3) is 0 Å². The van der Waals surface area contributed by atoms with Gasteiger partial charge in [-0.1, -0.05) is 35.0 Å². The largest absolute Gasteiger partial charge is 0.325 e. The van der Waals surface area contributed by atoms with Crippen molar-refractivity contribution in [1.82, 2.24) is 19.8 Å². The fourth-order valence-electron chi connectivity index (χ4n) is 1.70. The molecular formula is C13H9Cl2N5OS. The Labute approximate surface area is 139 Å². The van der Waals surface area contributed by atoms with Crippen molar-refractivity contribution < 1.29 is 4.79 Å². The quantitative estimate of drug-likeness (QED) is 0.729. The van der Waals surface area contributed by atoms with E-state index in [0.717, 1.165) is 0 Å². The molecule has 3 rings (SSSR count). The summed E-state index contributed by atoms with van der Waals surface area (Å²) in [6.07, 6.45) is 1.51. The summed E-state index contributed by atoms with van der Waals surface area (Å²) in [5.41, 5.74) is 1.26. The fourth-order valence-corrected chi connectivity index (χ4v) is 2.66. The van der Waals surface area contributed by atoms with Crippen LogP contribution in [0.25, 0.3) is 5.65 Å². The lowest BCUT2D eigenvalue weighted by atomic mass is 10.3. The number of hydrogen-bond acceptors (Lipinski definition) is 5. The first-order valence-electron chi connectivity index (χ1n) is 6.16. The molecule has 0 bridgehead atoms. The second-order valence-corrected chi connectivity index (χ2v) is 6.08. The predicted molar refractivity (Wildman–Crippen MR) is 86.6 cm³/mol. The Bertz CT molecular complexity index is 838. The molecule has 0 radical (unpaired) electrons. The van der Waals surface area contributed by atoms with Gasteiger partial charge in [0.2, 0.25) is 5.91 Å². The van der Waals surface area contributed by atoms with Gasteiger partial charge in [-0.25, -0.2) is 0 Å². The van der Waals surface area contributed by atoms with E-state index in [0.29, 0.717) is 26.4 Å². The van der Waals surface area contributed by atoms with Gasteiger partial charge in [0.05, 0.1) is 15.8 Å². The summed E-state index contributed by atoms with van der Waals surface area (Å²) in [6.45, 7) is 0. The summed E-state index contributed by atoms with van der Waals surface area (Å²) >= 11 is 13.0. The minimum absolute atomic E-state index is 0.158. The second-order valence-electron chi connectivity index (χ2n) is 4.27. The van der Waals surface area contributed by atoms with Crippen LogP contribution >= 0.6 is 35.0 Å². The van der Waals surface area contributed by atoms with Crippen molar-refractivity contribution in [2.45, 2.75) is 5.03 Å². The minimum atomic E-state index is -0.158. The minimum Gasteiger partial charge on any atom is -0.325 e. The summed E-state index contributed by atoms with van der Waals surface area (Å²) in [7, 11) is 0. The van der Waals surface area contributed by atoms with Crippen molar-refractivity contribution in [2.24, 2.45) is 0 Å². The Hall–Kier alpha value is -1.83. The first-order chi connectivity index (χ1) is 10.6. The molecule has 3 aromatic rings. The third kappa shape index (κ3) is 3.49. The Morgan fingerprint density at radius 1 is 1.23 bits per heavy atom. The molecule has 0 saturated heterocycles. The molecule has 2 aromatic heterocycles. The molecule has 6 nitrogen and oxygen atoms in total. The molecule has 0 atom stereocenters. The van der Waals surface area contributed by atoms with E-state index in [1.807, 2.05) is 0 Å². The van der Waals surface area contributed by atoms with Crippen LogP contribution in [0.4, 0.5) is 5.69 Å². The van der Waals surface area contributed by atoms with Gasteiger partial charge in [0.15, 0.2) is 5.65 Å². The molecule has 0 aliphatic carbocycles. The van der Waals surface area contributed by atoms with Crippen molar-refractivity contribution in [3.05, 3.63) is 46.7 Å². The number of amides is 1. The summed E-state index contributed by atoms with van der Waals surface area (Å²) in [4.78, 5) is 11.9. The topological polar surface area (TPSA) is 72.2 Å². The zero-order valence-corrected chi connectivity index (χ0v) is 13.4. The first-order valence-corrected chi connectivity index (χ1v) is 7.91. The van der Waals surface area contributed by atoms with E-state index in [1.165, 1.54) is 18.1 Å². The summed E-state index contributed by atoms with van der Waals surface area (Å²) < 4.78 is 1.55. The van der Waals surface area contributed by atoms with Gasteiger partial charge in [-0.2, -0.15) is 9.61 Å². The number of anilines is 1. The Balaban J connectivity index is 1.60. The number of halogens is 2. The lowest BCUT2D eigenvalue weighted by Crippen LogP contribution is -2.14. The molecule has 1 aromatic carbocycles. The van der Waals surface area contributed by atoms with Gasteiger partial charge in [-0.05, 0) is 30.3 Å². The number of aromatic nitrogens is 4. The van der Waals surface area contributed by atoms with Gasteiger partial charge in [-0.3, -0.25) is 4.79 Å². The van der Waals surface area contributed by atoms with Crippen molar-refractivity contribution in [1.29, 1.82) is 0 Å². The molecule has 0 spiro atoms. The third-order valence-corrected chi connectivity index (χ3v) is 4.35. The van der Waals surface area contributed by atoms with E-state index in [9.17, 15) is 4.79 Å². The van der Waals surface area contributed by atoms with Crippen LogP contribution in [0.5, 0.6) is 0 Å². The molecule has 112 valence electrons. The number of benzene rings is 1. The Morgan fingerprint density at radius 3 is 2.91 bits per heavy atom. The second kappa shape index (κ2) is 6.51. The van der Waals surface area contributed by atoms with Crippen LogP contribution in [0.3, 0.4) is 0 Å². The van der Waals surface area contributed by atoms with Crippen LogP contribution in [0.15, 0.2) is 41.7 Å². The number of rotatable bonds is 4. The fraction of sp³-hybridized carbons (Fsp3) is 0.0769. The van der Waals surface area contributed by atoms with Gasteiger partial charge in [-0.15, -0.1) is 10.2 Å². The van der Waals surface area contributed by atoms with Crippen LogP contribution in [0.1, 0.15) is 0 Å². The molecule has 0 aliphatic heterocycles. The zero-order chi connectivity index (χ0) is 15.5. The Kier molecular flexibility index (Phi) is 4.47. The maximum absolute atomic E-state index is 11.9. The molecule has 9 heteroatoms. The number of nitrogens with one attached hydrogen (secondary N) is 1. The number of carbonyl (C=O) groups excluding carboxylic acids is 1. The standard InChI is InChI=1S/C13H9Cl2N5OS/c14-9-2-1-8(5-10(9)15)17-12(21)6-22-13-4-3-11-18-16-7-20(11)19-13/h1-5,7H,6H2,(H,17,21). The van der Waals surface area contributed by atoms with Crippen LogP contribution in [-0.4, -0.2) is 31.5 Å². The van der Waals surface area contributed by atoms with E-state index in [1.54, 1.807) is 34.8 Å². The van der Waals surface area contributed by atoms with Crippen LogP contribution < -0.4 is 5.32 Å². The van der Waals surface area contributed by atoms with Crippen LogP contribution in [-0.2, 0) is 4.79 Å². The molecule has 0 unspecified atom stereocenters. The van der Waals surface area contributed by atoms with Crippen molar-refractivity contribution in [3.8, 4) is 0 Å². The average Bonchev–Trinajstić information content (AvgIpc) is 2.96. The average molecular weight is 354 g/mol. The molecule has 0 fully saturated rings. The van der Waals surface area contributed by atoms with E-state index >= 15 is 0 Å². The van der Waals surface area contributed by atoms with Crippen LogP contribution in [0.2, 0.25) is 10.0 Å². The number of nitrogens with zero attached hydrogens (tertiary/aromatic N) is 4. The van der Waals surface area contributed by atoms with E-state index in [2.05, 4.69) is 20.6 Å². The lowest BCUT2D eigenvalue weighted by Gasteiger charge is -2.06. The van der Waals surface area contributed by atoms with E-state index in [4.69, 9.17) is 23.2 Å². The number of fused-ring (bicyclic) bond motifs is 1. The number of carbonyl (C=O) groups is 1.